The molecule has 0 heterocycles. The zero-order valence-corrected chi connectivity index (χ0v) is 12.9. The van der Waals surface area contributed by atoms with Gasteiger partial charge in [0.05, 0.1) is 5.02 Å². The van der Waals surface area contributed by atoms with Gasteiger partial charge in [0.15, 0.2) is 0 Å². The summed E-state index contributed by atoms with van der Waals surface area (Å²) < 4.78 is 11.8. The fourth-order valence-corrected chi connectivity index (χ4v) is 1.90. The highest BCUT2D eigenvalue weighted by atomic mass is 79.9. The molecule has 0 aliphatic carbocycles. The molecule has 0 aliphatic rings. The Kier molecular flexibility index (Phi) is 8.42. The van der Waals surface area contributed by atoms with Gasteiger partial charge in [-0.3, -0.25) is 0 Å². The zero-order chi connectivity index (χ0) is 13.2. The lowest BCUT2D eigenvalue weighted by atomic mass is 10.3. The molecule has 0 radical (unpaired) electrons. The van der Waals surface area contributed by atoms with Gasteiger partial charge in [0.25, 0.3) is 0 Å². The second-order valence-corrected chi connectivity index (χ2v) is 5.05. The van der Waals surface area contributed by atoms with Crippen molar-refractivity contribution >= 4 is 27.5 Å². The van der Waals surface area contributed by atoms with Crippen LogP contribution in [0.1, 0.15) is 13.3 Å². The fraction of sp³-hybridized carbons (Fsp3) is 0.538. The van der Waals surface area contributed by atoms with Crippen LogP contribution in [-0.4, -0.2) is 32.9 Å². The Labute approximate surface area is 122 Å². The van der Waals surface area contributed by atoms with Crippen LogP contribution in [0.3, 0.4) is 0 Å². The van der Waals surface area contributed by atoms with E-state index >= 15 is 0 Å². The van der Waals surface area contributed by atoms with Crippen molar-refractivity contribution in [2.45, 2.75) is 13.3 Å². The summed E-state index contributed by atoms with van der Waals surface area (Å²) >= 11 is 9.40. The molecule has 0 atom stereocenters. The van der Waals surface area contributed by atoms with Crippen LogP contribution < -0.4 is 10.1 Å². The molecule has 0 fully saturated rings. The normalized spacial score (nSPS) is 10.6. The number of nitrogens with one attached hydrogen (secondary N) is 1. The number of ether oxygens (including phenoxy) is 2. The lowest BCUT2D eigenvalue weighted by molar-refractivity contribution is 0.144. The molecule has 0 aliphatic heterocycles. The van der Waals surface area contributed by atoms with E-state index in [1.54, 1.807) is 0 Å². The lowest BCUT2D eigenvalue weighted by Crippen LogP contribution is -2.23. The summed E-state index contributed by atoms with van der Waals surface area (Å²) in [4.78, 5) is 0. The summed E-state index contributed by atoms with van der Waals surface area (Å²) in [6.07, 6.45) is 1.02. The van der Waals surface area contributed by atoms with E-state index in [1.165, 1.54) is 0 Å². The van der Waals surface area contributed by atoms with Crippen LogP contribution in [0.2, 0.25) is 5.02 Å². The highest BCUT2D eigenvalue weighted by Crippen LogP contribution is 2.27. The monoisotopic (exact) mass is 335 g/mol. The third-order valence-electron chi connectivity index (χ3n) is 2.28. The lowest BCUT2D eigenvalue weighted by Gasteiger charge is -2.09. The average Bonchev–Trinajstić information content (AvgIpc) is 2.36. The van der Waals surface area contributed by atoms with Gasteiger partial charge < -0.3 is 14.8 Å². The molecule has 3 nitrogen and oxygen atoms in total. The molecule has 5 heteroatoms. The van der Waals surface area contributed by atoms with Crippen LogP contribution in [0.5, 0.6) is 5.75 Å². The van der Waals surface area contributed by atoms with Crippen molar-refractivity contribution in [3.8, 4) is 5.75 Å². The molecular formula is C13H19BrClNO2. The summed E-state index contributed by atoms with van der Waals surface area (Å²) in [5.74, 6) is 0.710. The van der Waals surface area contributed by atoms with Crippen molar-refractivity contribution in [1.29, 1.82) is 0 Å². The third-order valence-corrected chi connectivity index (χ3v) is 3.08. The highest BCUT2D eigenvalue weighted by Gasteiger charge is 2.01. The van der Waals surface area contributed by atoms with E-state index in [9.17, 15) is 0 Å². The summed E-state index contributed by atoms with van der Waals surface area (Å²) in [7, 11) is 0. The molecule has 0 saturated carbocycles. The van der Waals surface area contributed by atoms with Crippen molar-refractivity contribution in [3.05, 3.63) is 27.7 Å². The number of rotatable bonds is 9. The fourth-order valence-electron chi connectivity index (χ4n) is 1.39. The Morgan fingerprint density at radius 3 is 2.89 bits per heavy atom. The maximum atomic E-state index is 6.01. The summed E-state index contributed by atoms with van der Waals surface area (Å²) in [6.45, 7) is 5.94. The zero-order valence-electron chi connectivity index (χ0n) is 10.5. The van der Waals surface area contributed by atoms with Gasteiger partial charge in [-0.25, -0.2) is 0 Å². The smallest absolute Gasteiger partial charge is 0.139 e. The van der Waals surface area contributed by atoms with Crippen molar-refractivity contribution < 1.29 is 9.47 Å². The molecule has 1 N–H and O–H groups in total. The van der Waals surface area contributed by atoms with E-state index in [1.807, 2.05) is 25.1 Å². The van der Waals surface area contributed by atoms with Crippen LogP contribution in [-0.2, 0) is 4.74 Å². The summed E-state index contributed by atoms with van der Waals surface area (Å²) in [5.41, 5.74) is 0. The van der Waals surface area contributed by atoms with Crippen LogP contribution >= 0.6 is 27.5 Å². The van der Waals surface area contributed by atoms with Crippen molar-refractivity contribution in [3.63, 3.8) is 0 Å². The Balaban J connectivity index is 2.09. The van der Waals surface area contributed by atoms with Crippen LogP contribution in [0.4, 0.5) is 0 Å². The van der Waals surface area contributed by atoms with E-state index < -0.39 is 0 Å². The first-order valence-electron chi connectivity index (χ1n) is 6.10. The van der Waals surface area contributed by atoms with Gasteiger partial charge >= 0.3 is 0 Å². The van der Waals surface area contributed by atoms with E-state index in [-0.39, 0.29) is 0 Å². The SMILES string of the molecule is CCOCCCNCCOc1cc(Br)ccc1Cl. The van der Waals surface area contributed by atoms with Crippen molar-refractivity contribution in [2.24, 2.45) is 0 Å². The highest BCUT2D eigenvalue weighted by molar-refractivity contribution is 9.10. The van der Waals surface area contributed by atoms with E-state index in [2.05, 4.69) is 21.2 Å². The topological polar surface area (TPSA) is 30.5 Å². The van der Waals surface area contributed by atoms with Crippen LogP contribution in [0.15, 0.2) is 22.7 Å². The first kappa shape index (κ1) is 15.8. The van der Waals surface area contributed by atoms with Gasteiger partial charge in [0.1, 0.15) is 12.4 Å². The molecule has 0 bridgehead atoms. The summed E-state index contributed by atoms with van der Waals surface area (Å²) in [6, 6.07) is 5.58. The molecule has 0 unspecified atom stereocenters. The second-order valence-electron chi connectivity index (χ2n) is 3.72. The summed E-state index contributed by atoms with van der Waals surface area (Å²) in [5, 5.41) is 3.92. The molecule has 0 spiro atoms. The Morgan fingerprint density at radius 2 is 2.11 bits per heavy atom. The maximum absolute atomic E-state index is 6.01. The number of hydrogen-bond acceptors (Lipinski definition) is 3. The van der Waals surface area contributed by atoms with Crippen LogP contribution in [0.25, 0.3) is 0 Å². The number of benzene rings is 1. The molecule has 18 heavy (non-hydrogen) atoms. The van der Waals surface area contributed by atoms with E-state index in [4.69, 9.17) is 21.1 Å². The van der Waals surface area contributed by atoms with Crippen molar-refractivity contribution in [2.75, 3.05) is 32.9 Å². The van der Waals surface area contributed by atoms with E-state index in [0.717, 1.165) is 37.2 Å². The quantitative estimate of drug-likeness (QED) is 0.700. The van der Waals surface area contributed by atoms with Gasteiger partial charge in [-0.05, 0) is 38.1 Å². The number of hydrogen-bond donors (Lipinski definition) is 1. The minimum absolute atomic E-state index is 0.602. The minimum atomic E-state index is 0.602. The Bertz CT molecular complexity index is 350. The minimum Gasteiger partial charge on any atom is -0.491 e. The largest absolute Gasteiger partial charge is 0.491 e. The average molecular weight is 337 g/mol. The Hall–Kier alpha value is -0.290. The number of halogens is 2. The Morgan fingerprint density at radius 1 is 1.28 bits per heavy atom. The molecule has 0 aromatic heterocycles. The molecule has 0 amide bonds. The molecule has 1 aromatic rings. The predicted octanol–water partition coefficient (Wildman–Crippen LogP) is 3.50. The molecule has 1 aromatic carbocycles. The first-order valence-corrected chi connectivity index (χ1v) is 7.27. The molecule has 102 valence electrons. The van der Waals surface area contributed by atoms with Gasteiger partial charge in [-0.1, -0.05) is 27.5 Å². The van der Waals surface area contributed by atoms with Crippen LogP contribution in [0, 0.1) is 0 Å². The molecular weight excluding hydrogens is 318 g/mol. The second kappa shape index (κ2) is 9.62. The van der Waals surface area contributed by atoms with Gasteiger partial charge in [-0.2, -0.15) is 0 Å². The van der Waals surface area contributed by atoms with Gasteiger partial charge in [0.2, 0.25) is 0 Å². The standard InChI is InChI=1S/C13H19BrClNO2/c1-2-17-8-3-6-16-7-9-18-13-10-11(14)4-5-12(13)15/h4-5,10,16H,2-3,6-9H2,1H3. The van der Waals surface area contributed by atoms with Gasteiger partial charge in [-0.15, -0.1) is 0 Å². The third kappa shape index (κ3) is 6.59. The first-order chi connectivity index (χ1) is 8.74. The molecule has 1 rings (SSSR count). The van der Waals surface area contributed by atoms with E-state index in [0.29, 0.717) is 17.4 Å². The molecule has 0 saturated heterocycles. The van der Waals surface area contributed by atoms with Crippen molar-refractivity contribution in [1.82, 2.24) is 5.32 Å². The van der Waals surface area contributed by atoms with Gasteiger partial charge in [0, 0.05) is 24.2 Å². The maximum Gasteiger partial charge on any atom is 0.139 e. The predicted molar refractivity (Wildman–Crippen MR) is 78.6 cm³/mol.